The Labute approximate surface area is 167 Å². The highest BCUT2D eigenvalue weighted by Crippen LogP contribution is 2.23. The standard InChI is InChI=1S/C23H19FN4O/c1-28(23(29)17-8-11-25-12-9-17)19-5-2-16(3-6-19)15-27-21-10-13-26-22-14-18(24)4-7-20(21)22/h2-14H,15H2,1H3,(H,26,27). The number of rotatable bonds is 5. The summed E-state index contributed by atoms with van der Waals surface area (Å²) in [7, 11) is 1.75. The van der Waals surface area contributed by atoms with E-state index in [0.717, 1.165) is 22.3 Å². The number of hydrogen-bond donors (Lipinski definition) is 1. The van der Waals surface area contributed by atoms with Crippen LogP contribution >= 0.6 is 0 Å². The molecule has 6 heteroatoms. The number of aromatic nitrogens is 2. The first-order valence-corrected chi connectivity index (χ1v) is 9.17. The van der Waals surface area contributed by atoms with Crippen molar-refractivity contribution >= 4 is 28.2 Å². The molecule has 2 heterocycles. The molecule has 0 spiro atoms. The highest BCUT2D eigenvalue weighted by molar-refractivity contribution is 6.05. The van der Waals surface area contributed by atoms with Crippen molar-refractivity contribution in [1.82, 2.24) is 9.97 Å². The second-order valence-electron chi connectivity index (χ2n) is 6.64. The third-order valence-corrected chi connectivity index (χ3v) is 4.74. The molecule has 0 unspecified atom stereocenters. The van der Waals surface area contributed by atoms with Gasteiger partial charge < -0.3 is 10.2 Å². The fourth-order valence-electron chi connectivity index (χ4n) is 3.12. The zero-order valence-electron chi connectivity index (χ0n) is 15.8. The largest absolute Gasteiger partial charge is 0.380 e. The molecule has 2 aromatic heterocycles. The predicted molar refractivity (Wildman–Crippen MR) is 112 cm³/mol. The van der Waals surface area contributed by atoms with Gasteiger partial charge >= 0.3 is 0 Å². The fraction of sp³-hybridized carbons (Fsp3) is 0.0870. The van der Waals surface area contributed by atoms with Gasteiger partial charge in [0.25, 0.3) is 5.91 Å². The average Bonchev–Trinajstić information content (AvgIpc) is 2.77. The van der Waals surface area contributed by atoms with Crippen molar-refractivity contribution < 1.29 is 9.18 Å². The van der Waals surface area contributed by atoms with Crippen LogP contribution < -0.4 is 10.2 Å². The van der Waals surface area contributed by atoms with Gasteiger partial charge in [0.1, 0.15) is 5.82 Å². The Morgan fingerprint density at radius 1 is 1.00 bits per heavy atom. The molecule has 1 amide bonds. The van der Waals surface area contributed by atoms with Crippen molar-refractivity contribution in [3.63, 3.8) is 0 Å². The minimum Gasteiger partial charge on any atom is -0.380 e. The normalized spacial score (nSPS) is 10.7. The lowest BCUT2D eigenvalue weighted by Crippen LogP contribution is -2.26. The van der Waals surface area contributed by atoms with Gasteiger partial charge in [-0.05, 0) is 48.0 Å². The van der Waals surface area contributed by atoms with Crippen LogP contribution in [0.5, 0.6) is 0 Å². The number of pyridine rings is 2. The minimum absolute atomic E-state index is 0.0891. The second-order valence-corrected chi connectivity index (χ2v) is 6.64. The van der Waals surface area contributed by atoms with Crippen LogP contribution in [0.1, 0.15) is 15.9 Å². The van der Waals surface area contributed by atoms with Crippen LogP contribution in [-0.2, 0) is 6.54 Å². The van der Waals surface area contributed by atoms with Crippen LogP contribution in [-0.4, -0.2) is 22.9 Å². The summed E-state index contributed by atoms with van der Waals surface area (Å²) in [4.78, 5) is 22.3. The average molecular weight is 386 g/mol. The summed E-state index contributed by atoms with van der Waals surface area (Å²) < 4.78 is 13.4. The minimum atomic E-state index is -0.303. The van der Waals surface area contributed by atoms with E-state index in [4.69, 9.17) is 0 Å². The molecule has 0 saturated carbocycles. The Morgan fingerprint density at radius 3 is 2.52 bits per heavy atom. The Balaban J connectivity index is 1.46. The molecule has 0 aliphatic rings. The monoisotopic (exact) mass is 386 g/mol. The summed E-state index contributed by atoms with van der Waals surface area (Å²) in [5, 5.41) is 4.24. The van der Waals surface area contributed by atoms with Crippen molar-refractivity contribution in [2.24, 2.45) is 0 Å². The molecule has 5 nitrogen and oxygen atoms in total. The summed E-state index contributed by atoms with van der Waals surface area (Å²) in [5.74, 6) is -0.392. The number of nitrogens with zero attached hydrogens (tertiary/aromatic N) is 3. The number of amides is 1. The summed E-state index contributed by atoms with van der Waals surface area (Å²) in [6.45, 7) is 0.596. The lowest BCUT2D eigenvalue weighted by molar-refractivity contribution is 0.0993. The van der Waals surface area contributed by atoms with Gasteiger partial charge in [0.05, 0.1) is 5.52 Å². The third-order valence-electron chi connectivity index (χ3n) is 4.74. The first-order valence-electron chi connectivity index (χ1n) is 9.17. The first-order chi connectivity index (χ1) is 14.1. The molecular weight excluding hydrogens is 367 g/mol. The van der Waals surface area contributed by atoms with Gasteiger partial charge in [0.2, 0.25) is 0 Å². The molecule has 29 heavy (non-hydrogen) atoms. The number of benzene rings is 2. The highest BCUT2D eigenvalue weighted by Gasteiger charge is 2.13. The molecule has 0 aliphatic heterocycles. The van der Waals surface area contributed by atoms with E-state index in [1.165, 1.54) is 12.1 Å². The highest BCUT2D eigenvalue weighted by atomic mass is 19.1. The van der Waals surface area contributed by atoms with Crippen molar-refractivity contribution in [2.75, 3.05) is 17.3 Å². The molecular formula is C23H19FN4O. The van der Waals surface area contributed by atoms with Crippen LogP contribution in [0.15, 0.2) is 79.3 Å². The molecule has 0 bridgehead atoms. The van der Waals surface area contributed by atoms with Gasteiger partial charge in [0, 0.05) is 60.6 Å². The van der Waals surface area contributed by atoms with Crippen LogP contribution in [0.25, 0.3) is 10.9 Å². The second kappa shape index (κ2) is 8.06. The van der Waals surface area contributed by atoms with Crippen molar-refractivity contribution in [3.05, 3.63) is 96.2 Å². The van der Waals surface area contributed by atoms with Gasteiger partial charge in [-0.2, -0.15) is 0 Å². The lowest BCUT2D eigenvalue weighted by atomic mass is 10.1. The molecule has 2 aromatic carbocycles. The summed E-state index contributed by atoms with van der Waals surface area (Å²) >= 11 is 0. The van der Waals surface area contributed by atoms with E-state index in [2.05, 4.69) is 15.3 Å². The zero-order chi connectivity index (χ0) is 20.2. The maximum absolute atomic E-state index is 13.4. The SMILES string of the molecule is CN(C(=O)c1ccncc1)c1ccc(CNc2ccnc3cc(F)ccc23)cc1. The molecule has 0 aliphatic carbocycles. The van der Waals surface area contributed by atoms with Crippen LogP contribution in [0.2, 0.25) is 0 Å². The summed E-state index contributed by atoms with van der Waals surface area (Å²) in [5.41, 5.74) is 3.96. The van der Waals surface area contributed by atoms with Crippen molar-refractivity contribution in [2.45, 2.75) is 6.54 Å². The fourth-order valence-corrected chi connectivity index (χ4v) is 3.12. The molecule has 0 radical (unpaired) electrons. The molecule has 0 fully saturated rings. The van der Waals surface area contributed by atoms with Gasteiger partial charge in [0.15, 0.2) is 0 Å². The first kappa shape index (κ1) is 18.6. The van der Waals surface area contributed by atoms with Gasteiger partial charge in [-0.1, -0.05) is 12.1 Å². The van der Waals surface area contributed by atoms with Crippen LogP contribution in [0, 0.1) is 5.82 Å². The maximum atomic E-state index is 13.4. The summed E-state index contributed by atoms with van der Waals surface area (Å²) in [6.07, 6.45) is 4.87. The Morgan fingerprint density at radius 2 is 1.76 bits per heavy atom. The van der Waals surface area contributed by atoms with E-state index < -0.39 is 0 Å². The van der Waals surface area contributed by atoms with Crippen LogP contribution in [0.4, 0.5) is 15.8 Å². The van der Waals surface area contributed by atoms with E-state index in [1.54, 1.807) is 48.7 Å². The predicted octanol–water partition coefficient (Wildman–Crippen LogP) is 4.66. The maximum Gasteiger partial charge on any atom is 0.258 e. The van der Waals surface area contributed by atoms with E-state index >= 15 is 0 Å². The molecule has 1 N–H and O–H groups in total. The zero-order valence-corrected chi connectivity index (χ0v) is 15.8. The quantitative estimate of drug-likeness (QED) is 0.542. The Hall–Kier alpha value is -3.80. The molecule has 144 valence electrons. The van der Waals surface area contributed by atoms with Crippen molar-refractivity contribution in [3.8, 4) is 0 Å². The topological polar surface area (TPSA) is 58.1 Å². The van der Waals surface area contributed by atoms with E-state index in [1.807, 2.05) is 30.3 Å². The van der Waals surface area contributed by atoms with E-state index in [-0.39, 0.29) is 11.7 Å². The number of carbonyl (C=O) groups excluding carboxylic acids is 1. The third kappa shape index (κ3) is 4.06. The number of nitrogens with one attached hydrogen (secondary N) is 1. The van der Waals surface area contributed by atoms with Gasteiger partial charge in [-0.15, -0.1) is 0 Å². The Kier molecular flexibility index (Phi) is 5.16. The number of carbonyl (C=O) groups is 1. The lowest BCUT2D eigenvalue weighted by Gasteiger charge is -2.18. The van der Waals surface area contributed by atoms with Crippen LogP contribution in [0.3, 0.4) is 0 Å². The summed E-state index contributed by atoms with van der Waals surface area (Å²) in [6, 6.07) is 17.6. The molecule has 4 aromatic rings. The Bertz CT molecular complexity index is 1150. The van der Waals surface area contributed by atoms with Gasteiger partial charge in [-0.25, -0.2) is 4.39 Å². The number of hydrogen-bond acceptors (Lipinski definition) is 4. The van der Waals surface area contributed by atoms with Gasteiger partial charge in [-0.3, -0.25) is 14.8 Å². The van der Waals surface area contributed by atoms with E-state index in [9.17, 15) is 9.18 Å². The number of halogens is 1. The van der Waals surface area contributed by atoms with Crippen molar-refractivity contribution in [1.29, 1.82) is 0 Å². The molecule has 4 rings (SSSR count). The van der Waals surface area contributed by atoms with E-state index in [0.29, 0.717) is 17.6 Å². The molecule has 0 saturated heterocycles. The smallest absolute Gasteiger partial charge is 0.258 e. The number of fused-ring (bicyclic) bond motifs is 1. The molecule has 0 atom stereocenters. The number of anilines is 2.